The molecule has 0 radical (unpaired) electrons. The van der Waals surface area contributed by atoms with Crippen molar-refractivity contribution in [3.8, 4) is 0 Å². The average molecular weight is 1060 g/mol. The number of aliphatic hydroxyl groups excluding tert-OH is 17. The molecule has 1 unspecified atom stereocenters. The Morgan fingerprint density at radius 3 is 1.32 bits per heavy atom. The van der Waals surface area contributed by atoms with Crippen LogP contribution in [-0.4, -0.2) is 316 Å². The second-order valence-corrected chi connectivity index (χ2v) is 18.2. The van der Waals surface area contributed by atoms with Crippen molar-refractivity contribution >= 4 is 11.8 Å². The van der Waals surface area contributed by atoms with Crippen LogP contribution in [0.3, 0.4) is 0 Å². The van der Waals surface area contributed by atoms with Crippen LogP contribution < -0.4 is 10.6 Å². The quantitative estimate of drug-likeness (QED) is 0.0643. The monoisotopic (exact) mass is 1060 g/mol. The third kappa shape index (κ3) is 12.5. The highest BCUT2D eigenvalue weighted by Crippen LogP contribution is 2.37. The van der Waals surface area contributed by atoms with E-state index in [-0.39, 0.29) is 0 Å². The molecule has 0 bridgehead atoms. The van der Waals surface area contributed by atoms with Gasteiger partial charge in [0.05, 0.1) is 39.1 Å². The molecular formula is C40H68N2O30. The fraction of sp³-hybridized carbons (Fsp3) is 0.950. The van der Waals surface area contributed by atoms with Crippen molar-refractivity contribution in [2.75, 3.05) is 33.0 Å². The van der Waals surface area contributed by atoms with Crippen LogP contribution in [0.5, 0.6) is 0 Å². The molecule has 0 aromatic carbocycles. The van der Waals surface area contributed by atoms with E-state index in [9.17, 15) is 96.4 Å². The highest BCUT2D eigenvalue weighted by molar-refractivity contribution is 5.73. The number of ether oxygens (including phenoxy) is 11. The highest BCUT2D eigenvalue weighted by atomic mass is 16.8. The standard InChI is InChI=1S/C40H68N2O30/c1-9-19(50)24(55)27(58)37(62-9)72-34-25(56)20(51)12(4-43)66-40(34)70-32-18(42-11(3)49)36(64-13(5-44)21(32)52)71-33-22(53)14(6-45)65-39(29(33)60)69-31-16(8-47)67-38(28(59)26(31)57)68-30-15(7-46)63-35(61)17(23(30)54)41-10(2)48/h9,12-40,43-47,50-61H,4-8H2,1-3H3,(H,41,48)(H,42,49)/t9-,12-,13-,14-,15-,16-,17-,18-,19+,20+,21+,22+,23-,24+,25+,26-,27-,28-,29-,30-,31+,32-,33+,34-,35?,36+,37-,38+,39-,40+/m1/s1. The van der Waals surface area contributed by atoms with Crippen molar-refractivity contribution in [3.05, 3.63) is 0 Å². The minimum atomic E-state index is -2.22. The van der Waals surface area contributed by atoms with E-state index in [0.717, 1.165) is 13.8 Å². The first-order valence-electron chi connectivity index (χ1n) is 23.0. The zero-order valence-corrected chi connectivity index (χ0v) is 38.8. The van der Waals surface area contributed by atoms with Crippen molar-refractivity contribution in [3.63, 3.8) is 0 Å². The normalized spacial score (nSPS) is 50.3. The van der Waals surface area contributed by atoms with Crippen LogP contribution >= 0.6 is 0 Å². The Balaban J connectivity index is 1.23. The Kier molecular flexibility index (Phi) is 20.8. The van der Waals surface area contributed by atoms with Gasteiger partial charge in [0.1, 0.15) is 140 Å². The first kappa shape index (κ1) is 59.1. The maximum Gasteiger partial charge on any atom is 0.217 e. The summed E-state index contributed by atoms with van der Waals surface area (Å²) in [4.78, 5) is 24.5. The summed E-state index contributed by atoms with van der Waals surface area (Å²) in [6.45, 7) is -1.50. The Morgan fingerprint density at radius 2 is 0.750 bits per heavy atom. The van der Waals surface area contributed by atoms with E-state index in [4.69, 9.17) is 52.1 Å². The second-order valence-electron chi connectivity index (χ2n) is 18.2. The van der Waals surface area contributed by atoms with Gasteiger partial charge in [-0.2, -0.15) is 0 Å². The Morgan fingerprint density at radius 1 is 0.361 bits per heavy atom. The van der Waals surface area contributed by atoms with Gasteiger partial charge in [-0.05, 0) is 6.92 Å². The van der Waals surface area contributed by atoms with Crippen LogP contribution in [0, 0.1) is 0 Å². The van der Waals surface area contributed by atoms with Gasteiger partial charge in [-0.25, -0.2) is 0 Å². The molecule has 6 aliphatic heterocycles. The maximum atomic E-state index is 12.8. The predicted molar refractivity (Wildman–Crippen MR) is 221 cm³/mol. The molecule has 0 aromatic rings. The van der Waals surface area contributed by atoms with Crippen LogP contribution in [0.15, 0.2) is 0 Å². The highest BCUT2D eigenvalue weighted by Gasteiger charge is 2.58. The van der Waals surface area contributed by atoms with E-state index in [2.05, 4.69) is 10.6 Å². The summed E-state index contributed by atoms with van der Waals surface area (Å²) in [6.07, 6.45) is -52.3. The molecule has 418 valence electrons. The number of rotatable bonds is 17. The van der Waals surface area contributed by atoms with Crippen LogP contribution in [-0.2, 0) is 61.7 Å². The minimum absolute atomic E-state index is 0.700. The van der Waals surface area contributed by atoms with Crippen LogP contribution in [0.25, 0.3) is 0 Å². The molecule has 30 atom stereocenters. The van der Waals surface area contributed by atoms with Gasteiger partial charge in [0.25, 0.3) is 0 Å². The Bertz CT molecular complexity index is 1730. The third-order valence-electron chi connectivity index (χ3n) is 13.2. The minimum Gasteiger partial charge on any atom is -0.394 e. The fourth-order valence-corrected chi connectivity index (χ4v) is 9.24. The smallest absolute Gasteiger partial charge is 0.217 e. The number of amides is 2. The molecule has 32 heteroatoms. The number of carbonyl (C=O) groups is 2. The molecule has 0 aromatic heterocycles. The molecule has 0 spiro atoms. The van der Waals surface area contributed by atoms with Gasteiger partial charge in [-0.15, -0.1) is 0 Å². The summed E-state index contributed by atoms with van der Waals surface area (Å²) < 4.78 is 63.0. The summed E-state index contributed by atoms with van der Waals surface area (Å²) in [5, 5.41) is 188. The van der Waals surface area contributed by atoms with Gasteiger partial charge in [-0.3, -0.25) is 9.59 Å². The average Bonchev–Trinajstić information content (AvgIpc) is 3.34. The summed E-state index contributed by atoms with van der Waals surface area (Å²) in [5.41, 5.74) is 0. The van der Waals surface area contributed by atoms with E-state index in [1.807, 2.05) is 0 Å². The molecule has 6 rings (SSSR count). The number of nitrogens with one attached hydrogen (secondary N) is 2. The Labute approximate surface area is 408 Å². The lowest BCUT2D eigenvalue weighted by molar-refractivity contribution is -0.392. The number of aliphatic hydroxyl groups is 17. The predicted octanol–water partition coefficient (Wildman–Crippen LogP) is -12.8. The van der Waals surface area contributed by atoms with E-state index in [0.29, 0.717) is 0 Å². The summed E-state index contributed by atoms with van der Waals surface area (Å²) in [5.74, 6) is -1.57. The SMILES string of the molecule is CC(=O)N[C@H]1[C@H](O[C@H]2[C@@H](O)[C@@H](CO)O[C@H](O[C@@H]3[C@H](O)[C@@H](O)[C@H](O[C@H]4[C@H](O)[C@@H](NC(C)=O)C(O)O[C@@H]4CO)O[C@@H]3CO)[C@@H]2O)O[C@H](CO)[C@H](O)[C@@H]1O[C@@H]1O[C@H](CO)[C@H](O)[C@H](O)[C@H]1O[C@H]1O[C@H](C)[C@H](O)[C@H](O)[C@H]1O. The van der Waals surface area contributed by atoms with Gasteiger partial charge in [0.2, 0.25) is 11.8 Å². The van der Waals surface area contributed by atoms with Crippen molar-refractivity contribution < 1.29 is 149 Å². The molecule has 72 heavy (non-hydrogen) atoms. The Hall–Kier alpha value is -2.18. The van der Waals surface area contributed by atoms with Gasteiger partial charge in [0, 0.05) is 13.8 Å². The lowest BCUT2D eigenvalue weighted by atomic mass is 9.94. The molecular weight excluding hydrogens is 988 g/mol. The molecule has 0 aliphatic carbocycles. The summed E-state index contributed by atoms with van der Waals surface area (Å²) in [7, 11) is 0. The van der Waals surface area contributed by atoms with Crippen LogP contribution in [0.4, 0.5) is 0 Å². The summed E-state index contributed by atoms with van der Waals surface area (Å²) in [6, 6.07) is -3.30. The number of carbonyl (C=O) groups excluding carboxylic acids is 2. The molecule has 0 saturated carbocycles. The van der Waals surface area contributed by atoms with E-state index in [1.54, 1.807) is 0 Å². The van der Waals surface area contributed by atoms with Crippen molar-refractivity contribution in [2.45, 2.75) is 205 Å². The van der Waals surface area contributed by atoms with Gasteiger partial charge in [-0.1, -0.05) is 0 Å². The first-order chi connectivity index (χ1) is 34.0. The fourth-order valence-electron chi connectivity index (χ4n) is 9.24. The van der Waals surface area contributed by atoms with Gasteiger partial charge in [0.15, 0.2) is 37.7 Å². The largest absolute Gasteiger partial charge is 0.394 e. The third-order valence-corrected chi connectivity index (χ3v) is 13.2. The molecule has 6 fully saturated rings. The van der Waals surface area contributed by atoms with E-state index >= 15 is 0 Å². The van der Waals surface area contributed by atoms with Crippen molar-refractivity contribution in [1.82, 2.24) is 10.6 Å². The molecule has 32 nitrogen and oxygen atoms in total. The molecule has 19 N–H and O–H groups in total. The van der Waals surface area contributed by atoms with Crippen molar-refractivity contribution in [2.24, 2.45) is 0 Å². The zero-order chi connectivity index (χ0) is 53.2. The first-order valence-corrected chi connectivity index (χ1v) is 23.0. The molecule has 2 amide bonds. The molecule has 6 saturated heterocycles. The topological polar surface area (TPSA) is 504 Å². The van der Waals surface area contributed by atoms with Gasteiger partial charge >= 0.3 is 0 Å². The number of hydrogen-bond donors (Lipinski definition) is 19. The van der Waals surface area contributed by atoms with E-state index < -0.39 is 229 Å². The van der Waals surface area contributed by atoms with Crippen LogP contribution in [0.2, 0.25) is 0 Å². The van der Waals surface area contributed by atoms with Crippen molar-refractivity contribution in [1.29, 1.82) is 0 Å². The summed E-state index contributed by atoms with van der Waals surface area (Å²) >= 11 is 0. The lowest BCUT2D eigenvalue weighted by Gasteiger charge is -2.51. The lowest BCUT2D eigenvalue weighted by Crippen LogP contribution is -2.70. The second kappa shape index (κ2) is 25.3. The zero-order valence-electron chi connectivity index (χ0n) is 38.8. The number of hydrogen-bond acceptors (Lipinski definition) is 30. The molecule has 6 heterocycles. The molecule has 6 aliphatic rings. The van der Waals surface area contributed by atoms with E-state index in [1.165, 1.54) is 6.92 Å². The van der Waals surface area contributed by atoms with Gasteiger partial charge < -0.3 is 150 Å². The van der Waals surface area contributed by atoms with Crippen LogP contribution in [0.1, 0.15) is 20.8 Å². The maximum absolute atomic E-state index is 12.8.